The Labute approximate surface area is 136 Å². The summed E-state index contributed by atoms with van der Waals surface area (Å²) < 4.78 is 5.31. The van der Waals surface area contributed by atoms with Gasteiger partial charge in [-0.1, -0.05) is 6.07 Å². The first kappa shape index (κ1) is 14.5. The van der Waals surface area contributed by atoms with Crippen molar-refractivity contribution in [2.75, 3.05) is 14.2 Å². The van der Waals surface area contributed by atoms with Gasteiger partial charge < -0.3 is 9.64 Å². The van der Waals surface area contributed by atoms with Crippen molar-refractivity contribution < 1.29 is 14.3 Å². The predicted molar refractivity (Wildman–Crippen MR) is 86.4 cm³/mol. The van der Waals surface area contributed by atoms with E-state index < -0.39 is 5.41 Å². The van der Waals surface area contributed by atoms with Gasteiger partial charge in [0, 0.05) is 19.0 Å². The van der Waals surface area contributed by atoms with Crippen LogP contribution in [0.3, 0.4) is 0 Å². The summed E-state index contributed by atoms with van der Waals surface area (Å²) >= 11 is 0. The molecule has 2 aliphatic carbocycles. The first-order chi connectivity index (χ1) is 11.0. The molecule has 0 saturated carbocycles. The smallest absolute Gasteiger partial charge is 0.233 e. The molecule has 4 heteroatoms. The van der Waals surface area contributed by atoms with Crippen LogP contribution in [-0.4, -0.2) is 36.8 Å². The number of rotatable bonds is 1. The number of amides is 1. The minimum Gasteiger partial charge on any atom is -0.497 e. The lowest BCUT2D eigenvalue weighted by Crippen LogP contribution is -2.56. The predicted octanol–water partition coefficient (Wildman–Crippen LogP) is 2.47. The molecule has 4 rings (SSSR count). The summed E-state index contributed by atoms with van der Waals surface area (Å²) in [5, 5.41) is 0. The van der Waals surface area contributed by atoms with Crippen LogP contribution in [0.1, 0.15) is 36.8 Å². The zero-order valence-corrected chi connectivity index (χ0v) is 13.8. The van der Waals surface area contributed by atoms with E-state index in [-0.39, 0.29) is 23.7 Å². The highest BCUT2D eigenvalue weighted by atomic mass is 16.5. The molecule has 1 aromatic carbocycles. The van der Waals surface area contributed by atoms with Crippen LogP contribution in [0.15, 0.2) is 29.8 Å². The molecule has 1 spiro atoms. The van der Waals surface area contributed by atoms with Gasteiger partial charge in [0.05, 0.1) is 12.5 Å². The molecule has 3 aliphatic rings. The van der Waals surface area contributed by atoms with Crippen molar-refractivity contribution in [1.29, 1.82) is 0 Å². The van der Waals surface area contributed by atoms with Crippen LogP contribution in [0.25, 0.3) is 0 Å². The average molecular weight is 311 g/mol. The standard InChI is InChI=1S/C19H21NO3/c1-11-6-13-7-17(21)16-10-19(13,18(22)20(11)2)9-12-4-5-14(23-3)8-15(12)16/h4-5,7-8,11,16H,6,9-10H2,1-3H3/t11-,16+,19-/m1/s1. The van der Waals surface area contributed by atoms with E-state index in [1.807, 2.05) is 37.1 Å². The number of ketones is 1. The van der Waals surface area contributed by atoms with E-state index in [4.69, 9.17) is 4.74 Å². The first-order valence-electron chi connectivity index (χ1n) is 8.15. The number of likely N-dealkylation sites (tertiary alicyclic amines) is 1. The van der Waals surface area contributed by atoms with Gasteiger partial charge in [0.2, 0.25) is 5.91 Å². The zero-order valence-electron chi connectivity index (χ0n) is 13.8. The number of hydrogen-bond donors (Lipinski definition) is 0. The van der Waals surface area contributed by atoms with Crippen molar-refractivity contribution in [2.45, 2.75) is 38.1 Å². The van der Waals surface area contributed by atoms with E-state index in [0.717, 1.165) is 28.9 Å². The molecule has 1 heterocycles. The summed E-state index contributed by atoms with van der Waals surface area (Å²) in [6.45, 7) is 2.05. The summed E-state index contributed by atoms with van der Waals surface area (Å²) in [6.07, 6.45) is 3.86. The molecule has 0 radical (unpaired) electrons. The van der Waals surface area contributed by atoms with Gasteiger partial charge in [0.15, 0.2) is 5.78 Å². The minimum absolute atomic E-state index is 0.134. The lowest BCUT2D eigenvalue weighted by Gasteiger charge is -2.51. The molecule has 0 aromatic heterocycles. The molecule has 1 aliphatic heterocycles. The van der Waals surface area contributed by atoms with Gasteiger partial charge in [-0.05, 0) is 61.1 Å². The van der Waals surface area contributed by atoms with E-state index in [1.165, 1.54) is 0 Å². The topological polar surface area (TPSA) is 46.6 Å². The van der Waals surface area contributed by atoms with Crippen molar-refractivity contribution in [3.8, 4) is 5.75 Å². The number of piperidine rings is 1. The minimum atomic E-state index is -0.512. The largest absolute Gasteiger partial charge is 0.497 e. The van der Waals surface area contributed by atoms with Crippen LogP contribution in [0, 0.1) is 5.41 Å². The van der Waals surface area contributed by atoms with Crippen molar-refractivity contribution in [3.63, 3.8) is 0 Å². The highest BCUT2D eigenvalue weighted by Crippen LogP contribution is 2.54. The van der Waals surface area contributed by atoms with Gasteiger partial charge in [-0.3, -0.25) is 9.59 Å². The second-order valence-corrected chi connectivity index (χ2v) is 7.12. The van der Waals surface area contributed by atoms with Crippen molar-refractivity contribution in [3.05, 3.63) is 41.0 Å². The molecular formula is C19H21NO3. The Morgan fingerprint density at radius 1 is 1.30 bits per heavy atom. The van der Waals surface area contributed by atoms with Crippen LogP contribution in [0.2, 0.25) is 0 Å². The molecular weight excluding hydrogens is 290 g/mol. The van der Waals surface area contributed by atoms with Crippen molar-refractivity contribution in [2.24, 2.45) is 5.41 Å². The monoisotopic (exact) mass is 311 g/mol. The third-order valence-corrected chi connectivity index (χ3v) is 5.95. The van der Waals surface area contributed by atoms with Gasteiger partial charge >= 0.3 is 0 Å². The highest BCUT2D eigenvalue weighted by molar-refractivity contribution is 6.02. The number of methoxy groups -OCH3 is 1. The number of carbonyl (C=O) groups is 2. The van der Waals surface area contributed by atoms with E-state index in [1.54, 1.807) is 13.2 Å². The van der Waals surface area contributed by atoms with Gasteiger partial charge in [-0.15, -0.1) is 0 Å². The Morgan fingerprint density at radius 3 is 2.83 bits per heavy atom. The Hall–Kier alpha value is -2.10. The average Bonchev–Trinajstić information content (AvgIpc) is 2.56. The first-order valence-corrected chi connectivity index (χ1v) is 8.15. The van der Waals surface area contributed by atoms with E-state index in [2.05, 4.69) is 0 Å². The third kappa shape index (κ3) is 1.84. The zero-order chi connectivity index (χ0) is 16.4. The van der Waals surface area contributed by atoms with E-state index >= 15 is 0 Å². The fraction of sp³-hybridized carbons (Fsp3) is 0.474. The van der Waals surface area contributed by atoms with Crippen LogP contribution < -0.4 is 4.74 Å². The fourth-order valence-corrected chi connectivity index (χ4v) is 4.50. The molecule has 120 valence electrons. The van der Waals surface area contributed by atoms with Crippen LogP contribution in [0.4, 0.5) is 0 Å². The lowest BCUT2D eigenvalue weighted by molar-refractivity contribution is -0.145. The Morgan fingerprint density at radius 2 is 2.09 bits per heavy atom. The van der Waals surface area contributed by atoms with Gasteiger partial charge in [0.25, 0.3) is 0 Å². The summed E-state index contributed by atoms with van der Waals surface area (Å²) in [5.41, 5.74) is 2.67. The highest BCUT2D eigenvalue weighted by Gasteiger charge is 2.55. The number of benzene rings is 1. The summed E-state index contributed by atoms with van der Waals surface area (Å²) in [4.78, 5) is 27.6. The number of carbonyl (C=O) groups excluding carboxylic acids is 2. The van der Waals surface area contributed by atoms with Crippen molar-refractivity contribution >= 4 is 11.7 Å². The molecule has 23 heavy (non-hydrogen) atoms. The van der Waals surface area contributed by atoms with E-state index in [0.29, 0.717) is 12.8 Å². The van der Waals surface area contributed by atoms with Gasteiger partial charge in [0.1, 0.15) is 5.75 Å². The van der Waals surface area contributed by atoms with Gasteiger partial charge in [-0.2, -0.15) is 0 Å². The third-order valence-electron chi connectivity index (χ3n) is 5.95. The lowest BCUT2D eigenvalue weighted by atomic mass is 9.56. The number of fused-ring (bicyclic) bond motifs is 3. The van der Waals surface area contributed by atoms with Crippen LogP contribution >= 0.6 is 0 Å². The second kappa shape index (κ2) is 4.70. The quantitative estimate of drug-likeness (QED) is 0.800. The molecule has 4 nitrogen and oxygen atoms in total. The maximum Gasteiger partial charge on any atom is 0.233 e. The molecule has 1 fully saturated rings. The second-order valence-electron chi connectivity index (χ2n) is 7.12. The van der Waals surface area contributed by atoms with E-state index in [9.17, 15) is 9.59 Å². The summed E-state index contributed by atoms with van der Waals surface area (Å²) in [6, 6.07) is 6.05. The maximum atomic E-state index is 13.1. The number of ether oxygens (including phenoxy) is 1. The van der Waals surface area contributed by atoms with Crippen LogP contribution in [0.5, 0.6) is 5.75 Å². The number of hydrogen-bond acceptors (Lipinski definition) is 3. The number of allylic oxidation sites excluding steroid dienone is 1. The Kier molecular flexibility index (Phi) is 2.96. The normalized spacial score (nSPS) is 32.1. The Balaban J connectivity index is 1.88. The molecule has 1 aromatic rings. The van der Waals surface area contributed by atoms with Crippen LogP contribution in [-0.2, 0) is 16.0 Å². The fourth-order valence-electron chi connectivity index (χ4n) is 4.50. The molecule has 3 atom stereocenters. The molecule has 2 bridgehead atoms. The number of nitrogens with zero attached hydrogens (tertiary/aromatic N) is 1. The molecule has 1 saturated heterocycles. The summed E-state index contributed by atoms with van der Waals surface area (Å²) in [7, 11) is 3.52. The molecule has 0 unspecified atom stereocenters. The maximum absolute atomic E-state index is 13.1. The molecule has 0 N–H and O–H groups in total. The molecule has 1 amide bonds. The van der Waals surface area contributed by atoms with Crippen molar-refractivity contribution in [1.82, 2.24) is 4.90 Å². The van der Waals surface area contributed by atoms with Gasteiger partial charge in [-0.25, -0.2) is 0 Å². The summed E-state index contributed by atoms with van der Waals surface area (Å²) in [5.74, 6) is 0.849. The Bertz CT molecular complexity index is 751. The SMILES string of the molecule is COc1ccc2c(c1)[C@@H]1C[C@@]3(C2)C(=O)N(C)[C@H](C)CC3=CC1=O.